The van der Waals surface area contributed by atoms with Crippen LogP contribution in [0.2, 0.25) is 0 Å². The Hall–Kier alpha value is -7.08. The molecular weight excluding hydrogens is 601 g/mol. The first-order valence-electron chi connectivity index (χ1n) is 16.1. The highest BCUT2D eigenvalue weighted by Crippen LogP contribution is 2.44. The van der Waals surface area contributed by atoms with Gasteiger partial charge in [0.2, 0.25) is 0 Å². The van der Waals surface area contributed by atoms with Gasteiger partial charge in [-0.05, 0) is 66.7 Å². The van der Waals surface area contributed by atoms with Crippen LogP contribution in [0.15, 0.2) is 150 Å². The van der Waals surface area contributed by atoms with Gasteiger partial charge in [0.25, 0.3) is 0 Å². The minimum absolute atomic E-state index is 0.612. The lowest BCUT2D eigenvalue weighted by Crippen LogP contribution is -2.01. The molecule has 0 aliphatic heterocycles. The summed E-state index contributed by atoms with van der Waals surface area (Å²) in [5.74, 6) is 0. The molecule has 5 heteroatoms. The number of aromatic nitrogens is 2. The molecule has 0 aliphatic rings. The second kappa shape index (κ2) is 10.2. The second-order valence-electron chi connectivity index (χ2n) is 12.3. The van der Waals surface area contributed by atoms with Crippen molar-refractivity contribution in [1.29, 1.82) is 10.5 Å². The fraction of sp³-hybridized carbons (Fsp3) is 0. The number of fused-ring (bicyclic) bond motifs is 10. The summed E-state index contributed by atoms with van der Waals surface area (Å²) >= 11 is 0. The Morgan fingerprint density at radius 3 is 1.67 bits per heavy atom. The van der Waals surface area contributed by atoms with E-state index >= 15 is 0 Å². The third-order valence-corrected chi connectivity index (χ3v) is 9.78. The quantitative estimate of drug-likeness (QED) is 0.196. The third kappa shape index (κ3) is 3.79. The average Bonchev–Trinajstić information content (AvgIpc) is 3.82. The van der Waals surface area contributed by atoms with Gasteiger partial charge in [-0.2, -0.15) is 10.5 Å². The number of nitriles is 2. The van der Waals surface area contributed by atoms with Crippen molar-refractivity contribution in [3.8, 4) is 34.6 Å². The van der Waals surface area contributed by atoms with Crippen molar-refractivity contribution in [2.24, 2.45) is 0 Å². The highest BCUT2D eigenvalue weighted by atomic mass is 16.3. The first kappa shape index (κ1) is 27.1. The first-order chi connectivity index (χ1) is 24.2. The van der Waals surface area contributed by atoms with Crippen LogP contribution in [0.3, 0.4) is 0 Å². The number of benzene rings is 7. The Kier molecular flexibility index (Phi) is 5.64. The summed E-state index contributed by atoms with van der Waals surface area (Å²) in [7, 11) is 0. The highest BCUT2D eigenvalue weighted by Gasteiger charge is 2.23. The molecule has 0 fully saturated rings. The van der Waals surface area contributed by atoms with E-state index in [1.807, 2.05) is 54.6 Å². The monoisotopic (exact) mass is 624 g/mol. The Morgan fingerprint density at radius 1 is 0.429 bits per heavy atom. The largest absolute Gasteiger partial charge is 0.454 e. The van der Waals surface area contributed by atoms with E-state index in [-0.39, 0.29) is 0 Å². The SMILES string of the molecule is N#Cc1ccc2c(c1)c1ccccc1n2-c1ccccc1-c1ccccc1-n1c2ccc(C#N)cc2c2ccc3c4ccccc4oc3c21. The van der Waals surface area contributed by atoms with Crippen molar-refractivity contribution in [2.75, 3.05) is 0 Å². The van der Waals surface area contributed by atoms with Crippen LogP contribution in [0.1, 0.15) is 11.1 Å². The van der Waals surface area contributed by atoms with Crippen molar-refractivity contribution < 1.29 is 4.42 Å². The van der Waals surface area contributed by atoms with Gasteiger partial charge < -0.3 is 13.6 Å². The van der Waals surface area contributed by atoms with Crippen LogP contribution >= 0.6 is 0 Å². The van der Waals surface area contributed by atoms with E-state index in [9.17, 15) is 10.5 Å². The Labute approximate surface area is 280 Å². The molecule has 5 nitrogen and oxygen atoms in total. The Morgan fingerprint density at radius 2 is 0.959 bits per heavy atom. The van der Waals surface area contributed by atoms with Crippen LogP contribution in [-0.4, -0.2) is 9.13 Å². The molecule has 0 atom stereocenters. The lowest BCUT2D eigenvalue weighted by Gasteiger charge is -2.18. The number of furan rings is 1. The molecule has 7 aromatic carbocycles. The van der Waals surface area contributed by atoms with Crippen molar-refractivity contribution in [2.45, 2.75) is 0 Å². The predicted octanol–water partition coefficient (Wildman–Crippen LogP) is 11.2. The van der Waals surface area contributed by atoms with Crippen LogP contribution in [-0.2, 0) is 0 Å². The molecule has 226 valence electrons. The second-order valence-corrected chi connectivity index (χ2v) is 12.3. The molecule has 0 unspecified atom stereocenters. The van der Waals surface area contributed by atoms with Gasteiger partial charge in [-0.15, -0.1) is 0 Å². The molecule has 0 amide bonds. The number of para-hydroxylation sites is 4. The van der Waals surface area contributed by atoms with Crippen molar-refractivity contribution in [1.82, 2.24) is 9.13 Å². The number of hydrogen-bond donors (Lipinski definition) is 0. The molecule has 0 bridgehead atoms. The van der Waals surface area contributed by atoms with Crippen LogP contribution < -0.4 is 0 Å². The Bertz CT molecular complexity index is 3090. The molecular formula is C44H24N4O. The topological polar surface area (TPSA) is 70.6 Å². The van der Waals surface area contributed by atoms with Crippen molar-refractivity contribution in [3.05, 3.63) is 157 Å². The Balaban J connectivity index is 1.32. The number of hydrogen-bond acceptors (Lipinski definition) is 3. The van der Waals surface area contributed by atoms with Gasteiger partial charge in [-0.1, -0.05) is 78.9 Å². The minimum Gasteiger partial charge on any atom is -0.454 e. The van der Waals surface area contributed by atoms with Gasteiger partial charge in [-0.25, -0.2) is 0 Å². The van der Waals surface area contributed by atoms with Gasteiger partial charge in [0, 0.05) is 43.4 Å². The number of rotatable bonds is 3. The van der Waals surface area contributed by atoms with E-state index in [0.717, 1.165) is 88.1 Å². The van der Waals surface area contributed by atoms with Gasteiger partial charge in [0.1, 0.15) is 5.58 Å². The molecule has 3 heterocycles. The molecule has 0 spiro atoms. The van der Waals surface area contributed by atoms with Crippen LogP contribution in [0.25, 0.3) is 88.1 Å². The first-order valence-corrected chi connectivity index (χ1v) is 16.1. The zero-order chi connectivity index (χ0) is 32.6. The van der Waals surface area contributed by atoms with Gasteiger partial charge >= 0.3 is 0 Å². The zero-order valence-electron chi connectivity index (χ0n) is 26.1. The third-order valence-electron chi connectivity index (χ3n) is 9.78. The fourth-order valence-electron chi connectivity index (χ4n) is 7.70. The normalized spacial score (nSPS) is 11.6. The fourth-order valence-corrected chi connectivity index (χ4v) is 7.70. The lowest BCUT2D eigenvalue weighted by molar-refractivity contribution is 0.671. The molecule has 10 rings (SSSR count). The summed E-state index contributed by atoms with van der Waals surface area (Å²) in [6.07, 6.45) is 0. The average molecular weight is 625 g/mol. The molecule has 0 N–H and O–H groups in total. The predicted molar refractivity (Wildman–Crippen MR) is 197 cm³/mol. The maximum atomic E-state index is 9.86. The van der Waals surface area contributed by atoms with Gasteiger partial charge in [-0.3, -0.25) is 0 Å². The van der Waals surface area contributed by atoms with E-state index in [4.69, 9.17) is 4.42 Å². The summed E-state index contributed by atoms with van der Waals surface area (Å²) in [6.45, 7) is 0. The van der Waals surface area contributed by atoms with Crippen LogP contribution in [0.5, 0.6) is 0 Å². The van der Waals surface area contributed by atoms with E-state index in [2.05, 4.69) is 112 Å². The van der Waals surface area contributed by atoms with E-state index in [1.165, 1.54) is 0 Å². The maximum Gasteiger partial charge on any atom is 0.160 e. The minimum atomic E-state index is 0.612. The van der Waals surface area contributed by atoms with E-state index in [0.29, 0.717) is 11.1 Å². The van der Waals surface area contributed by atoms with E-state index < -0.39 is 0 Å². The molecule has 0 radical (unpaired) electrons. The summed E-state index contributed by atoms with van der Waals surface area (Å²) < 4.78 is 11.2. The molecule has 0 saturated heterocycles. The van der Waals surface area contributed by atoms with E-state index in [1.54, 1.807) is 0 Å². The van der Waals surface area contributed by atoms with Crippen molar-refractivity contribution >= 4 is 65.6 Å². The van der Waals surface area contributed by atoms with Crippen LogP contribution in [0.4, 0.5) is 0 Å². The molecule has 0 saturated carbocycles. The highest BCUT2D eigenvalue weighted by molar-refractivity contribution is 6.22. The number of nitrogens with zero attached hydrogens (tertiary/aromatic N) is 4. The summed E-state index contributed by atoms with van der Waals surface area (Å²) in [5, 5.41) is 25.9. The van der Waals surface area contributed by atoms with Crippen molar-refractivity contribution in [3.63, 3.8) is 0 Å². The molecule has 0 aliphatic carbocycles. The van der Waals surface area contributed by atoms with Gasteiger partial charge in [0.05, 0.1) is 56.7 Å². The molecule has 3 aromatic heterocycles. The summed E-state index contributed by atoms with van der Waals surface area (Å²) in [5.41, 5.74) is 11.1. The van der Waals surface area contributed by atoms with Gasteiger partial charge in [0.15, 0.2) is 5.58 Å². The summed E-state index contributed by atoms with van der Waals surface area (Å²) in [6, 6.07) is 54.3. The standard InChI is InChI=1S/C44H24N4O/c45-25-27-17-21-40-35(23-27)31-11-3-6-14-38(31)47(40)37-13-5-1-9-29(37)30-10-2-7-15-39(30)48-41-22-18-28(26-46)24-36(41)33-19-20-34-32-12-4-8-16-42(32)49-44(34)43(33)48/h1-24H. The smallest absolute Gasteiger partial charge is 0.160 e. The zero-order valence-corrected chi connectivity index (χ0v) is 26.1. The molecule has 10 aromatic rings. The summed E-state index contributed by atoms with van der Waals surface area (Å²) in [4.78, 5) is 0. The van der Waals surface area contributed by atoms with Crippen LogP contribution in [0, 0.1) is 22.7 Å². The lowest BCUT2D eigenvalue weighted by atomic mass is 10.0. The maximum absolute atomic E-state index is 9.86. The molecule has 49 heavy (non-hydrogen) atoms.